The molecule has 4 aliphatic rings. The van der Waals surface area contributed by atoms with Gasteiger partial charge >= 0.3 is 18.3 Å². The Bertz CT molecular complexity index is 2460. The van der Waals surface area contributed by atoms with E-state index in [0.29, 0.717) is 43.0 Å². The zero-order chi connectivity index (χ0) is 46.9. The van der Waals surface area contributed by atoms with E-state index in [1.165, 1.54) is 17.6 Å². The molecular formula is C51H63N7O8. The zero-order valence-electron chi connectivity index (χ0n) is 38.6. The summed E-state index contributed by atoms with van der Waals surface area (Å²) in [6.45, 7) is 8.92. The third kappa shape index (κ3) is 8.71. The standard InChI is InChI=1S/C51H63N7O8/c1-6-8-21-51(22-9-7-2)37-26-33(39-29-52-44(53-39)40-16-13-25-56(40)45(59)42(31(3)4)54-47(61)62)17-19-35(37)36-20-18-34(27-38(36)51)58(49(64)65)41-28-50(23-24-50)30-57(41)46(60)43(55-48(63)66-5)32-14-11-10-12-15-32/h10-12,14-15,17-20,26-27,29,31,40-43,54H,6-9,13,16,21-25,28,30H2,1-5H3,(H,52,53)(H,55,63)(H,61,62)(H,64,65)/t40-,41-,42-,43+/m0/s1. The molecule has 350 valence electrons. The van der Waals surface area contributed by atoms with Crippen molar-refractivity contribution in [2.45, 2.75) is 128 Å². The number of benzene rings is 3. The van der Waals surface area contributed by atoms with Crippen LogP contribution in [-0.4, -0.2) is 92.5 Å². The number of aromatic nitrogens is 2. The maximum absolute atomic E-state index is 14.7. The number of ether oxygens (including phenoxy) is 1. The smallest absolute Gasteiger partial charge is 0.413 e. The number of anilines is 1. The molecule has 0 bridgehead atoms. The predicted molar refractivity (Wildman–Crippen MR) is 250 cm³/mol. The van der Waals surface area contributed by atoms with Crippen molar-refractivity contribution in [3.05, 3.63) is 95.4 Å². The first-order valence-electron chi connectivity index (χ1n) is 23.6. The van der Waals surface area contributed by atoms with Crippen LogP contribution in [0, 0.1) is 11.3 Å². The first-order valence-corrected chi connectivity index (χ1v) is 23.6. The molecule has 4 aromatic rings. The quantitative estimate of drug-likeness (QED) is 0.0727. The fourth-order valence-corrected chi connectivity index (χ4v) is 10.9. The van der Waals surface area contributed by atoms with Crippen molar-refractivity contribution in [1.29, 1.82) is 0 Å². The molecule has 3 aromatic carbocycles. The Morgan fingerprint density at radius 1 is 0.894 bits per heavy atom. The second-order valence-electron chi connectivity index (χ2n) is 19.1. The number of methoxy groups -OCH3 is 1. The number of unbranched alkanes of at least 4 members (excludes halogenated alkanes) is 2. The Kier molecular flexibility index (Phi) is 13.2. The molecule has 2 aliphatic carbocycles. The third-order valence-electron chi connectivity index (χ3n) is 14.6. The lowest BCUT2D eigenvalue weighted by Crippen LogP contribution is -2.53. The van der Waals surface area contributed by atoms with E-state index in [2.05, 4.69) is 53.7 Å². The summed E-state index contributed by atoms with van der Waals surface area (Å²) in [6, 6.07) is 19.2. The summed E-state index contributed by atoms with van der Waals surface area (Å²) in [5, 5.41) is 25.8. The first-order chi connectivity index (χ1) is 31.7. The number of imidazole rings is 1. The van der Waals surface area contributed by atoms with E-state index < -0.39 is 47.9 Å². The summed E-state index contributed by atoms with van der Waals surface area (Å²) < 4.78 is 4.92. The van der Waals surface area contributed by atoms with Crippen molar-refractivity contribution in [3.8, 4) is 22.4 Å². The number of nitrogens with one attached hydrogen (secondary N) is 3. The first kappa shape index (κ1) is 46.2. The van der Waals surface area contributed by atoms with Gasteiger partial charge < -0.3 is 40.4 Å². The van der Waals surface area contributed by atoms with Crippen LogP contribution in [0.25, 0.3) is 22.4 Å². The van der Waals surface area contributed by atoms with Crippen molar-refractivity contribution < 1.29 is 38.9 Å². The fourth-order valence-electron chi connectivity index (χ4n) is 10.9. The zero-order valence-corrected chi connectivity index (χ0v) is 38.6. The Labute approximate surface area is 386 Å². The van der Waals surface area contributed by atoms with Crippen LogP contribution in [-0.2, 0) is 19.7 Å². The lowest BCUT2D eigenvalue weighted by molar-refractivity contribution is -0.135. The molecule has 1 spiro atoms. The maximum atomic E-state index is 14.7. The molecule has 2 saturated heterocycles. The molecule has 1 aromatic heterocycles. The van der Waals surface area contributed by atoms with E-state index >= 15 is 0 Å². The van der Waals surface area contributed by atoms with Crippen LogP contribution < -0.4 is 15.5 Å². The number of fused-ring (bicyclic) bond motifs is 3. The highest BCUT2D eigenvalue weighted by Crippen LogP contribution is 2.58. The molecule has 0 unspecified atom stereocenters. The number of likely N-dealkylation sites (tertiary alicyclic amines) is 2. The maximum Gasteiger partial charge on any atom is 0.413 e. The van der Waals surface area contributed by atoms with Gasteiger partial charge in [0.25, 0.3) is 5.91 Å². The van der Waals surface area contributed by atoms with Gasteiger partial charge in [0.2, 0.25) is 5.91 Å². The van der Waals surface area contributed by atoms with Crippen LogP contribution in [0.2, 0.25) is 0 Å². The van der Waals surface area contributed by atoms with Gasteiger partial charge in [-0.25, -0.2) is 19.4 Å². The SMILES string of the molecule is CCCCC1(CCCC)c2cc(-c3cnc([C@@H]4CCCN4C(=O)[C@@H](NC(=O)O)C(C)C)[nH]3)ccc2-c2ccc(N(C(=O)O)[C@H]3CC4(CC4)CN3C(=O)[C@H](NC(=O)OC)c3ccccc3)cc21. The van der Waals surface area contributed by atoms with Crippen molar-refractivity contribution in [3.63, 3.8) is 0 Å². The Hall–Kier alpha value is -6.38. The van der Waals surface area contributed by atoms with E-state index in [1.807, 2.05) is 38.2 Å². The average Bonchev–Trinajstić information content (AvgIpc) is 3.70. The molecule has 3 fully saturated rings. The van der Waals surface area contributed by atoms with Gasteiger partial charge in [-0.05, 0) is 108 Å². The van der Waals surface area contributed by atoms with Gasteiger partial charge in [0, 0.05) is 24.2 Å². The summed E-state index contributed by atoms with van der Waals surface area (Å²) in [6.07, 6.45) is 7.16. The molecular weight excluding hydrogens is 839 g/mol. The van der Waals surface area contributed by atoms with Crippen LogP contribution in [0.15, 0.2) is 72.9 Å². The van der Waals surface area contributed by atoms with Gasteiger partial charge in [-0.1, -0.05) is 102 Å². The van der Waals surface area contributed by atoms with Crippen molar-refractivity contribution in [2.75, 3.05) is 25.1 Å². The summed E-state index contributed by atoms with van der Waals surface area (Å²) in [7, 11) is 1.25. The topological polar surface area (TPSA) is 197 Å². The molecule has 3 heterocycles. The van der Waals surface area contributed by atoms with Crippen molar-refractivity contribution in [1.82, 2.24) is 30.4 Å². The molecule has 1 saturated carbocycles. The second-order valence-corrected chi connectivity index (χ2v) is 19.1. The molecule has 8 rings (SSSR count). The predicted octanol–water partition coefficient (Wildman–Crippen LogP) is 9.60. The van der Waals surface area contributed by atoms with E-state index in [1.54, 1.807) is 34.1 Å². The van der Waals surface area contributed by atoms with E-state index in [9.17, 15) is 34.2 Å². The summed E-state index contributed by atoms with van der Waals surface area (Å²) in [4.78, 5) is 79.4. The number of hydrogen-bond donors (Lipinski definition) is 5. The number of aromatic amines is 1. The van der Waals surface area contributed by atoms with Crippen LogP contribution in [0.3, 0.4) is 0 Å². The number of carboxylic acid groups (broad SMARTS) is 2. The van der Waals surface area contributed by atoms with Crippen LogP contribution >= 0.6 is 0 Å². The summed E-state index contributed by atoms with van der Waals surface area (Å²) in [5.41, 5.74) is 6.60. The van der Waals surface area contributed by atoms with Crippen molar-refractivity contribution >= 4 is 35.8 Å². The van der Waals surface area contributed by atoms with Gasteiger partial charge in [-0.2, -0.15) is 0 Å². The number of carbonyl (C=O) groups is 5. The minimum absolute atomic E-state index is 0.192. The van der Waals surface area contributed by atoms with Crippen LogP contribution in [0.5, 0.6) is 0 Å². The lowest BCUT2D eigenvalue weighted by Gasteiger charge is -2.36. The molecule has 5 N–H and O–H groups in total. The lowest BCUT2D eigenvalue weighted by atomic mass is 9.70. The number of alkyl carbamates (subject to hydrolysis) is 1. The summed E-state index contributed by atoms with van der Waals surface area (Å²) >= 11 is 0. The van der Waals surface area contributed by atoms with Gasteiger partial charge in [0.15, 0.2) is 0 Å². The average molecular weight is 902 g/mol. The Morgan fingerprint density at radius 3 is 2.20 bits per heavy atom. The van der Waals surface area contributed by atoms with Gasteiger partial charge in [-0.3, -0.25) is 14.5 Å². The molecule has 2 aliphatic heterocycles. The minimum Gasteiger partial charge on any atom is -0.465 e. The van der Waals surface area contributed by atoms with E-state index in [4.69, 9.17) is 9.72 Å². The largest absolute Gasteiger partial charge is 0.465 e. The number of amides is 5. The van der Waals surface area contributed by atoms with Gasteiger partial charge in [0.05, 0.1) is 25.0 Å². The molecule has 15 heteroatoms. The number of hydrogen-bond acceptors (Lipinski definition) is 7. The number of nitrogens with zero attached hydrogens (tertiary/aromatic N) is 4. The second kappa shape index (κ2) is 18.8. The molecule has 4 atom stereocenters. The van der Waals surface area contributed by atoms with Crippen LogP contribution in [0.4, 0.5) is 20.1 Å². The highest BCUT2D eigenvalue weighted by Gasteiger charge is 2.57. The molecule has 15 nitrogen and oxygen atoms in total. The minimum atomic E-state index is -1.23. The van der Waals surface area contributed by atoms with Gasteiger partial charge in [-0.15, -0.1) is 0 Å². The van der Waals surface area contributed by atoms with Gasteiger partial charge in [0.1, 0.15) is 24.1 Å². The highest BCUT2D eigenvalue weighted by molar-refractivity contribution is 5.93. The molecule has 0 radical (unpaired) electrons. The number of H-pyrrole nitrogens is 1. The monoisotopic (exact) mass is 901 g/mol. The number of rotatable bonds is 16. The highest BCUT2D eigenvalue weighted by atomic mass is 16.5. The van der Waals surface area contributed by atoms with E-state index in [-0.39, 0.29) is 23.3 Å². The Morgan fingerprint density at radius 2 is 1.58 bits per heavy atom. The third-order valence-corrected chi connectivity index (χ3v) is 14.6. The molecule has 5 amide bonds. The fraction of sp³-hybridized carbons (Fsp3) is 0.490. The molecule has 66 heavy (non-hydrogen) atoms. The normalized spacial score (nSPS) is 19.5. The van der Waals surface area contributed by atoms with Crippen molar-refractivity contribution in [2.24, 2.45) is 11.3 Å². The Balaban J connectivity index is 1.15. The number of carbonyl (C=O) groups excluding carboxylic acids is 3. The van der Waals surface area contributed by atoms with Crippen LogP contribution in [0.1, 0.15) is 133 Å². The van der Waals surface area contributed by atoms with E-state index in [0.717, 1.165) is 85.7 Å². The summed E-state index contributed by atoms with van der Waals surface area (Å²) in [5.74, 6) is -0.223.